The van der Waals surface area contributed by atoms with Crippen molar-refractivity contribution >= 4 is 5.97 Å². The second kappa shape index (κ2) is 5.14. The Morgan fingerprint density at radius 1 is 1.19 bits per heavy atom. The normalized spacial score (nSPS) is 34.4. The van der Waals surface area contributed by atoms with E-state index in [9.17, 15) is 4.79 Å². The van der Waals surface area contributed by atoms with Gasteiger partial charge in [-0.25, -0.2) is 0 Å². The highest BCUT2D eigenvalue weighted by atomic mass is 16.6. The standard InChI is InChI=1S/C19H32O2/c1-13(2)11-18(6,17(3,4)5)16(20)21-19(7)12-14-8-9-15(19)10-14/h11,14-15H,8-10,12H2,1-7H3. The highest BCUT2D eigenvalue weighted by Crippen LogP contribution is 2.53. The number of fused-ring (bicyclic) bond motifs is 2. The number of carbonyl (C=O) groups excluding carboxylic acids is 1. The average molecular weight is 292 g/mol. The molecule has 2 heteroatoms. The molecule has 2 aliphatic carbocycles. The zero-order chi connectivity index (χ0) is 16.1. The molecule has 0 N–H and O–H groups in total. The fraction of sp³-hybridized carbons (Fsp3) is 0.842. The van der Waals surface area contributed by atoms with Crippen LogP contribution in [0.15, 0.2) is 11.6 Å². The quantitative estimate of drug-likeness (QED) is 0.532. The van der Waals surface area contributed by atoms with Crippen LogP contribution in [-0.2, 0) is 9.53 Å². The first kappa shape index (κ1) is 16.6. The van der Waals surface area contributed by atoms with Crippen molar-refractivity contribution < 1.29 is 9.53 Å². The topological polar surface area (TPSA) is 26.3 Å². The lowest BCUT2D eigenvalue weighted by atomic mass is 9.67. The van der Waals surface area contributed by atoms with Gasteiger partial charge in [0.25, 0.3) is 0 Å². The number of ether oxygens (including phenoxy) is 1. The summed E-state index contributed by atoms with van der Waals surface area (Å²) in [6.45, 7) is 14.6. The minimum atomic E-state index is -0.573. The van der Waals surface area contributed by atoms with E-state index in [4.69, 9.17) is 4.74 Å². The first-order valence-electron chi connectivity index (χ1n) is 8.37. The minimum Gasteiger partial charge on any atom is -0.458 e. The van der Waals surface area contributed by atoms with Crippen LogP contribution in [0.3, 0.4) is 0 Å². The molecule has 0 aliphatic heterocycles. The van der Waals surface area contributed by atoms with E-state index >= 15 is 0 Å². The van der Waals surface area contributed by atoms with Gasteiger partial charge < -0.3 is 4.74 Å². The molecule has 0 amide bonds. The summed E-state index contributed by atoms with van der Waals surface area (Å²) >= 11 is 0. The molecular weight excluding hydrogens is 260 g/mol. The summed E-state index contributed by atoms with van der Waals surface area (Å²) in [5.74, 6) is 1.30. The molecule has 2 bridgehead atoms. The van der Waals surface area contributed by atoms with Crippen LogP contribution in [0.5, 0.6) is 0 Å². The van der Waals surface area contributed by atoms with Crippen LogP contribution in [-0.4, -0.2) is 11.6 Å². The number of hydrogen-bond acceptors (Lipinski definition) is 2. The predicted octanol–water partition coefficient (Wildman–Crippen LogP) is 5.13. The summed E-state index contributed by atoms with van der Waals surface area (Å²) in [4.78, 5) is 13.0. The van der Waals surface area contributed by atoms with Crippen molar-refractivity contribution in [1.29, 1.82) is 0 Å². The Morgan fingerprint density at radius 2 is 1.81 bits per heavy atom. The third kappa shape index (κ3) is 2.91. The molecule has 0 heterocycles. The SMILES string of the molecule is CC(C)=CC(C)(C(=O)OC1(C)CC2CCC1C2)C(C)(C)C. The van der Waals surface area contributed by atoms with E-state index in [1.54, 1.807) is 0 Å². The molecule has 0 radical (unpaired) electrons. The minimum absolute atomic E-state index is 0.0498. The molecule has 120 valence electrons. The molecule has 0 spiro atoms. The highest BCUT2D eigenvalue weighted by molar-refractivity contribution is 5.80. The summed E-state index contributed by atoms with van der Waals surface area (Å²) < 4.78 is 6.14. The lowest BCUT2D eigenvalue weighted by molar-refractivity contribution is -0.177. The van der Waals surface area contributed by atoms with Gasteiger partial charge in [0, 0.05) is 0 Å². The molecule has 2 saturated carbocycles. The summed E-state index contributed by atoms with van der Waals surface area (Å²) in [5.41, 5.74) is 0.205. The van der Waals surface area contributed by atoms with Crippen molar-refractivity contribution in [1.82, 2.24) is 0 Å². The van der Waals surface area contributed by atoms with Crippen molar-refractivity contribution in [3.63, 3.8) is 0 Å². The number of carbonyl (C=O) groups is 1. The fourth-order valence-corrected chi connectivity index (χ4v) is 4.16. The molecule has 2 aliphatic rings. The van der Waals surface area contributed by atoms with Gasteiger partial charge in [0.1, 0.15) is 5.60 Å². The molecule has 0 aromatic carbocycles. The Bertz CT molecular complexity index is 453. The zero-order valence-electron chi connectivity index (χ0n) is 14.9. The van der Waals surface area contributed by atoms with Crippen molar-refractivity contribution in [2.45, 2.75) is 79.8 Å². The van der Waals surface area contributed by atoms with Gasteiger partial charge in [-0.15, -0.1) is 0 Å². The second-order valence-electron chi connectivity index (χ2n) is 8.96. The predicted molar refractivity (Wildman–Crippen MR) is 86.9 cm³/mol. The van der Waals surface area contributed by atoms with E-state index in [-0.39, 0.29) is 17.0 Å². The lowest BCUT2D eigenvalue weighted by Crippen LogP contribution is -2.46. The third-order valence-corrected chi connectivity index (χ3v) is 5.98. The first-order valence-corrected chi connectivity index (χ1v) is 8.37. The molecule has 2 fully saturated rings. The summed E-state index contributed by atoms with van der Waals surface area (Å²) in [7, 11) is 0. The van der Waals surface area contributed by atoms with Crippen molar-refractivity contribution in [3.8, 4) is 0 Å². The van der Waals surface area contributed by atoms with Gasteiger partial charge in [0.15, 0.2) is 0 Å². The van der Waals surface area contributed by atoms with Gasteiger partial charge in [-0.3, -0.25) is 4.79 Å². The summed E-state index contributed by atoms with van der Waals surface area (Å²) in [6, 6.07) is 0. The molecule has 4 unspecified atom stereocenters. The monoisotopic (exact) mass is 292 g/mol. The largest absolute Gasteiger partial charge is 0.458 e. The Morgan fingerprint density at radius 3 is 2.19 bits per heavy atom. The molecule has 21 heavy (non-hydrogen) atoms. The molecule has 0 saturated heterocycles. The maximum Gasteiger partial charge on any atom is 0.316 e. The summed E-state index contributed by atoms with van der Waals surface area (Å²) in [5, 5.41) is 0. The van der Waals surface area contributed by atoms with Crippen LogP contribution >= 0.6 is 0 Å². The molecule has 0 aromatic heterocycles. The van der Waals surface area contributed by atoms with Crippen molar-refractivity contribution in [2.24, 2.45) is 22.7 Å². The number of hydrogen-bond donors (Lipinski definition) is 0. The number of allylic oxidation sites excluding steroid dienone is 1. The van der Waals surface area contributed by atoms with E-state index in [0.29, 0.717) is 5.92 Å². The average Bonchev–Trinajstić information content (AvgIpc) is 2.85. The molecule has 0 aromatic rings. The van der Waals surface area contributed by atoms with Gasteiger partial charge in [0.2, 0.25) is 0 Å². The van der Waals surface area contributed by atoms with E-state index < -0.39 is 5.41 Å². The molecule has 2 nitrogen and oxygen atoms in total. The Labute approximate surface area is 130 Å². The van der Waals surface area contributed by atoms with Crippen LogP contribution in [0, 0.1) is 22.7 Å². The Hall–Kier alpha value is -0.790. The maximum atomic E-state index is 13.0. The third-order valence-electron chi connectivity index (χ3n) is 5.98. The van der Waals surface area contributed by atoms with E-state index in [2.05, 4.69) is 47.6 Å². The molecular formula is C19H32O2. The van der Waals surface area contributed by atoms with Crippen LogP contribution in [0.25, 0.3) is 0 Å². The van der Waals surface area contributed by atoms with Gasteiger partial charge in [0.05, 0.1) is 5.41 Å². The molecule has 4 atom stereocenters. The van der Waals surface area contributed by atoms with E-state index in [1.807, 2.05) is 6.92 Å². The van der Waals surface area contributed by atoms with Crippen LogP contribution < -0.4 is 0 Å². The van der Waals surface area contributed by atoms with Gasteiger partial charge in [-0.2, -0.15) is 0 Å². The fourth-order valence-electron chi connectivity index (χ4n) is 4.16. The smallest absolute Gasteiger partial charge is 0.316 e. The van der Waals surface area contributed by atoms with Gasteiger partial charge in [-0.05, 0) is 70.6 Å². The Balaban J connectivity index is 2.22. The maximum absolute atomic E-state index is 13.0. The number of rotatable bonds is 3. The zero-order valence-corrected chi connectivity index (χ0v) is 14.9. The summed E-state index contributed by atoms with van der Waals surface area (Å²) in [6.07, 6.45) is 6.94. The first-order chi connectivity index (χ1) is 9.48. The highest BCUT2D eigenvalue weighted by Gasteiger charge is 2.53. The number of esters is 1. The van der Waals surface area contributed by atoms with Crippen LogP contribution in [0.1, 0.15) is 74.1 Å². The molecule has 2 rings (SSSR count). The van der Waals surface area contributed by atoms with Gasteiger partial charge >= 0.3 is 5.97 Å². The van der Waals surface area contributed by atoms with Crippen molar-refractivity contribution in [2.75, 3.05) is 0 Å². The van der Waals surface area contributed by atoms with Gasteiger partial charge in [-0.1, -0.05) is 32.4 Å². The van der Waals surface area contributed by atoms with Crippen molar-refractivity contribution in [3.05, 3.63) is 11.6 Å². The van der Waals surface area contributed by atoms with E-state index in [0.717, 1.165) is 12.3 Å². The van der Waals surface area contributed by atoms with E-state index in [1.165, 1.54) is 24.8 Å². The Kier molecular flexibility index (Phi) is 4.06. The second-order valence-corrected chi connectivity index (χ2v) is 8.96. The van der Waals surface area contributed by atoms with Crippen LogP contribution in [0.2, 0.25) is 0 Å². The van der Waals surface area contributed by atoms with Crippen LogP contribution in [0.4, 0.5) is 0 Å². The lowest BCUT2D eigenvalue weighted by Gasteiger charge is -2.42.